The van der Waals surface area contributed by atoms with Crippen LogP contribution in [-0.2, 0) is 0 Å². The first-order chi connectivity index (χ1) is 21.4. The van der Waals surface area contributed by atoms with Crippen LogP contribution in [-0.4, -0.2) is 38.3 Å². The van der Waals surface area contributed by atoms with E-state index in [1.165, 1.54) is 52.2 Å². The van der Waals surface area contributed by atoms with Crippen LogP contribution >= 0.6 is 11.3 Å². The molecule has 8 nitrogen and oxygen atoms in total. The highest BCUT2D eigenvalue weighted by atomic mass is 32.1. The van der Waals surface area contributed by atoms with Gasteiger partial charge in [0.15, 0.2) is 10.6 Å². The van der Waals surface area contributed by atoms with Gasteiger partial charge in [0.05, 0.1) is 11.4 Å². The number of benzene rings is 3. The Labute approximate surface area is 262 Å². The summed E-state index contributed by atoms with van der Waals surface area (Å²) in [5, 5.41) is 9.39. The van der Waals surface area contributed by atoms with E-state index in [0.717, 1.165) is 40.1 Å². The summed E-state index contributed by atoms with van der Waals surface area (Å²) in [7, 11) is 0. The highest BCUT2D eigenvalue weighted by Gasteiger charge is 2.31. The number of aromatic nitrogens is 4. The molecule has 234 valence electrons. The van der Waals surface area contributed by atoms with Gasteiger partial charge < -0.3 is 10.1 Å². The molecule has 0 fully saturated rings. The number of nitrogens with one attached hydrogen (secondary N) is 1. The standard InChI is InChI=1S/C33H33F3N6O2S/c1-20-16-22(3)29(23(4)17-20)42-24(5)18-45-32(42)39-31(43)37-15-14-21(2)25-6-8-26(9-7-25)30-38-19-41(40-30)27-10-12-28(13-11-27)44-33(34,35)36/h6-13,16-19,21H,14-15H2,1-5H3,(H,37,43)/b39-32-. The Balaban J connectivity index is 1.18. The minimum atomic E-state index is -4.75. The molecule has 0 aliphatic rings. The monoisotopic (exact) mass is 634 g/mol. The van der Waals surface area contributed by atoms with Crippen molar-refractivity contribution in [3.8, 4) is 28.5 Å². The lowest BCUT2D eigenvalue weighted by molar-refractivity contribution is -0.274. The third kappa shape index (κ3) is 7.69. The molecular formula is C33H33F3N6O2S. The van der Waals surface area contributed by atoms with Gasteiger partial charge in [-0.1, -0.05) is 48.9 Å². The van der Waals surface area contributed by atoms with Gasteiger partial charge in [0.25, 0.3) is 0 Å². The Kier molecular flexibility index (Phi) is 9.24. The molecular weight excluding hydrogens is 601 g/mol. The second-order valence-corrected chi connectivity index (χ2v) is 11.8. The summed E-state index contributed by atoms with van der Waals surface area (Å²) in [5.74, 6) is 0.351. The number of carbonyl (C=O) groups is 1. The fourth-order valence-corrected chi connectivity index (χ4v) is 6.10. The fraction of sp³-hybridized carbons (Fsp3) is 0.273. The minimum absolute atomic E-state index is 0.175. The summed E-state index contributed by atoms with van der Waals surface area (Å²) < 4.78 is 44.7. The summed E-state index contributed by atoms with van der Waals surface area (Å²) in [5.41, 5.74) is 7.98. The normalized spacial score (nSPS) is 12.8. The third-order valence-electron chi connectivity index (χ3n) is 7.35. The van der Waals surface area contributed by atoms with E-state index >= 15 is 0 Å². The highest BCUT2D eigenvalue weighted by Crippen LogP contribution is 2.26. The number of aryl methyl sites for hydroxylation is 4. The first-order valence-corrected chi connectivity index (χ1v) is 15.2. The largest absolute Gasteiger partial charge is 0.573 e. The molecule has 2 amide bonds. The van der Waals surface area contributed by atoms with E-state index in [9.17, 15) is 18.0 Å². The van der Waals surface area contributed by atoms with Crippen LogP contribution in [0.5, 0.6) is 5.75 Å². The molecule has 2 aromatic heterocycles. The predicted octanol–water partition coefficient (Wildman–Crippen LogP) is 7.72. The van der Waals surface area contributed by atoms with Gasteiger partial charge in [-0.3, -0.25) is 4.57 Å². The van der Waals surface area contributed by atoms with E-state index in [4.69, 9.17) is 0 Å². The number of halogens is 3. The molecule has 1 atom stereocenters. The van der Waals surface area contributed by atoms with E-state index in [2.05, 4.69) is 65.0 Å². The van der Waals surface area contributed by atoms with Crippen LogP contribution in [0.4, 0.5) is 18.0 Å². The van der Waals surface area contributed by atoms with Crippen LogP contribution in [0, 0.1) is 27.7 Å². The number of hydrogen-bond donors (Lipinski definition) is 1. The van der Waals surface area contributed by atoms with Crippen molar-refractivity contribution < 1.29 is 22.7 Å². The lowest BCUT2D eigenvalue weighted by Crippen LogP contribution is -2.26. The minimum Gasteiger partial charge on any atom is -0.406 e. The summed E-state index contributed by atoms with van der Waals surface area (Å²) in [4.78, 5) is 22.1. The van der Waals surface area contributed by atoms with Crippen molar-refractivity contribution in [3.63, 3.8) is 0 Å². The van der Waals surface area contributed by atoms with Crippen LogP contribution in [0.25, 0.3) is 22.8 Å². The van der Waals surface area contributed by atoms with Gasteiger partial charge in [0, 0.05) is 23.2 Å². The Bertz CT molecular complexity index is 1850. The van der Waals surface area contributed by atoms with E-state index in [-0.39, 0.29) is 17.7 Å². The number of ether oxygens (including phenoxy) is 1. The van der Waals surface area contributed by atoms with Gasteiger partial charge >= 0.3 is 12.4 Å². The Hall–Kier alpha value is -4.71. The molecule has 0 saturated heterocycles. The first-order valence-electron chi connectivity index (χ1n) is 14.3. The van der Waals surface area contributed by atoms with Crippen molar-refractivity contribution in [1.29, 1.82) is 0 Å². The zero-order chi connectivity index (χ0) is 32.3. The maximum Gasteiger partial charge on any atom is 0.573 e. The van der Waals surface area contributed by atoms with Crippen molar-refractivity contribution >= 4 is 17.4 Å². The molecule has 5 aromatic rings. The quantitative estimate of drug-likeness (QED) is 0.189. The number of amides is 2. The van der Waals surface area contributed by atoms with Gasteiger partial charge in [-0.2, -0.15) is 4.99 Å². The van der Waals surface area contributed by atoms with Crippen molar-refractivity contribution in [2.75, 3.05) is 6.54 Å². The summed E-state index contributed by atoms with van der Waals surface area (Å²) >= 11 is 1.44. The molecule has 0 aliphatic carbocycles. The number of thiazole rings is 1. The van der Waals surface area contributed by atoms with Crippen molar-refractivity contribution in [1.82, 2.24) is 24.6 Å². The van der Waals surface area contributed by atoms with Crippen LogP contribution in [0.15, 0.2) is 77.4 Å². The molecule has 0 radical (unpaired) electrons. The Morgan fingerprint density at radius 3 is 2.33 bits per heavy atom. The second-order valence-electron chi connectivity index (χ2n) is 11.0. The molecule has 3 aromatic carbocycles. The maximum absolute atomic E-state index is 12.8. The Morgan fingerprint density at radius 1 is 1.02 bits per heavy atom. The highest BCUT2D eigenvalue weighted by molar-refractivity contribution is 7.07. The number of alkyl halides is 3. The lowest BCUT2D eigenvalue weighted by atomic mass is 9.96. The van der Waals surface area contributed by atoms with E-state index in [1.807, 2.05) is 41.1 Å². The summed E-state index contributed by atoms with van der Waals surface area (Å²) in [6, 6.07) is 17.1. The van der Waals surface area contributed by atoms with Crippen LogP contribution in [0.3, 0.4) is 0 Å². The third-order valence-corrected chi connectivity index (χ3v) is 8.30. The van der Waals surface area contributed by atoms with Crippen LogP contribution in [0.1, 0.15) is 47.2 Å². The molecule has 0 aliphatic heterocycles. The van der Waals surface area contributed by atoms with Gasteiger partial charge in [-0.25, -0.2) is 14.5 Å². The number of carbonyl (C=O) groups excluding carboxylic acids is 1. The maximum atomic E-state index is 12.8. The van der Waals surface area contributed by atoms with Gasteiger partial charge in [-0.15, -0.1) is 29.6 Å². The first kappa shape index (κ1) is 31.7. The number of hydrogen-bond acceptors (Lipinski definition) is 5. The van der Waals surface area contributed by atoms with E-state index in [0.29, 0.717) is 22.9 Å². The summed E-state index contributed by atoms with van der Waals surface area (Å²) in [6.45, 7) is 10.8. The fourth-order valence-electron chi connectivity index (χ4n) is 5.24. The predicted molar refractivity (Wildman–Crippen MR) is 168 cm³/mol. The molecule has 1 N–H and O–H groups in total. The van der Waals surface area contributed by atoms with Gasteiger partial charge in [0.1, 0.15) is 12.1 Å². The zero-order valence-electron chi connectivity index (χ0n) is 25.5. The molecule has 45 heavy (non-hydrogen) atoms. The molecule has 1 unspecified atom stereocenters. The lowest BCUT2D eigenvalue weighted by Gasteiger charge is -2.14. The van der Waals surface area contributed by atoms with Crippen LogP contribution < -0.4 is 14.9 Å². The molecule has 12 heteroatoms. The van der Waals surface area contributed by atoms with E-state index in [1.54, 1.807) is 0 Å². The SMILES string of the molecule is Cc1cc(C)c(-n2c(C)cs/c2=N\C(=O)NCCC(C)c2ccc(-c3ncn(-c4ccc(OC(F)(F)F)cc4)n3)cc2)c(C)c1. The van der Waals surface area contributed by atoms with Crippen molar-refractivity contribution in [3.05, 3.63) is 105 Å². The van der Waals surface area contributed by atoms with Gasteiger partial charge in [-0.05, 0) is 81.0 Å². The van der Waals surface area contributed by atoms with Crippen molar-refractivity contribution in [2.45, 2.75) is 53.3 Å². The van der Waals surface area contributed by atoms with Gasteiger partial charge in [0.2, 0.25) is 0 Å². The number of urea groups is 1. The molecule has 2 heterocycles. The van der Waals surface area contributed by atoms with Crippen molar-refractivity contribution in [2.24, 2.45) is 4.99 Å². The summed E-state index contributed by atoms with van der Waals surface area (Å²) in [6.07, 6.45) is -2.52. The molecule has 0 spiro atoms. The number of nitrogens with zero attached hydrogens (tertiary/aromatic N) is 5. The Morgan fingerprint density at radius 2 is 1.69 bits per heavy atom. The molecule has 5 rings (SSSR count). The molecule has 0 saturated carbocycles. The van der Waals surface area contributed by atoms with Crippen LogP contribution in [0.2, 0.25) is 0 Å². The zero-order valence-corrected chi connectivity index (χ0v) is 26.3. The number of rotatable bonds is 8. The average molecular weight is 635 g/mol. The van der Waals surface area contributed by atoms with E-state index < -0.39 is 6.36 Å². The average Bonchev–Trinajstić information content (AvgIpc) is 3.60. The second kappa shape index (κ2) is 13.1. The molecule has 0 bridgehead atoms. The smallest absolute Gasteiger partial charge is 0.406 e. The topological polar surface area (TPSA) is 86.3 Å².